The molecular formula is C19H26ClN3O3. The number of nitrogens with one attached hydrogen (secondary N) is 2. The number of hydrogen-bond donors (Lipinski definition) is 2. The second kappa shape index (κ2) is 9.03. The monoisotopic (exact) mass is 379 g/mol. The molecule has 6 nitrogen and oxygen atoms in total. The maximum Gasteiger partial charge on any atom is 0.251 e. The summed E-state index contributed by atoms with van der Waals surface area (Å²) in [6.07, 6.45) is 1.58. The van der Waals surface area contributed by atoms with Crippen molar-refractivity contribution in [2.24, 2.45) is 5.92 Å². The van der Waals surface area contributed by atoms with E-state index >= 15 is 0 Å². The normalized spacial score (nSPS) is 18.6. The van der Waals surface area contributed by atoms with Crippen LogP contribution in [0.15, 0.2) is 24.3 Å². The van der Waals surface area contributed by atoms with Crippen molar-refractivity contribution in [3.05, 3.63) is 34.9 Å². The average Bonchev–Trinajstić information content (AvgIpc) is 2.57. The first kappa shape index (κ1) is 20.2. The lowest BCUT2D eigenvalue weighted by atomic mass is 10.0. The lowest BCUT2D eigenvalue weighted by Gasteiger charge is -2.31. The first-order valence-corrected chi connectivity index (χ1v) is 9.25. The Labute approximate surface area is 159 Å². The van der Waals surface area contributed by atoms with Crippen molar-refractivity contribution >= 4 is 29.3 Å². The molecule has 0 aromatic heterocycles. The van der Waals surface area contributed by atoms with Gasteiger partial charge in [-0.3, -0.25) is 14.4 Å². The summed E-state index contributed by atoms with van der Waals surface area (Å²) in [5, 5.41) is 6.34. The largest absolute Gasteiger partial charge is 0.350 e. The van der Waals surface area contributed by atoms with Crippen LogP contribution in [0.4, 0.5) is 0 Å². The van der Waals surface area contributed by atoms with Gasteiger partial charge in [0, 0.05) is 36.6 Å². The molecule has 7 heteroatoms. The highest BCUT2D eigenvalue weighted by atomic mass is 35.5. The first-order chi connectivity index (χ1) is 12.3. The highest BCUT2D eigenvalue weighted by Crippen LogP contribution is 2.13. The van der Waals surface area contributed by atoms with Gasteiger partial charge in [-0.2, -0.15) is 0 Å². The van der Waals surface area contributed by atoms with Gasteiger partial charge in [0.2, 0.25) is 11.8 Å². The zero-order valence-electron chi connectivity index (χ0n) is 15.4. The molecule has 2 unspecified atom stereocenters. The van der Waals surface area contributed by atoms with Crippen LogP contribution in [0.5, 0.6) is 0 Å². The third kappa shape index (κ3) is 5.73. The van der Waals surface area contributed by atoms with Gasteiger partial charge in [0.1, 0.15) is 6.04 Å². The minimum Gasteiger partial charge on any atom is -0.350 e. The molecule has 2 atom stereocenters. The Morgan fingerprint density at radius 1 is 1.27 bits per heavy atom. The topological polar surface area (TPSA) is 78.5 Å². The number of hydrogen-bond acceptors (Lipinski definition) is 3. The highest BCUT2D eigenvalue weighted by Gasteiger charge is 2.28. The number of carbonyl (C=O) groups excluding carboxylic acids is 3. The fourth-order valence-corrected chi connectivity index (χ4v) is 3.10. The predicted octanol–water partition coefficient (Wildman–Crippen LogP) is 2.22. The molecule has 1 aliphatic heterocycles. The minimum atomic E-state index is -0.624. The molecule has 1 aromatic rings. The van der Waals surface area contributed by atoms with Crippen LogP contribution in [0.2, 0.25) is 5.02 Å². The van der Waals surface area contributed by atoms with Crippen molar-refractivity contribution in [3.8, 4) is 0 Å². The fourth-order valence-electron chi connectivity index (χ4n) is 2.98. The molecule has 0 saturated carbocycles. The number of rotatable bonds is 6. The summed E-state index contributed by atoms with van der Waals surface area (Å²) in [6, 6.07) is 5.83. The van der Waals surface area contributed by atoms with Gasteiger partial charge in [0.05, 0.1) is 0 Å². The Balaban J connectivity index is 2.01. The van der Waals surface area contributed by atoms with Gasteiger partial charge in [-0.25, -0.2) is 0 Å². The van der Waals surface area contributed by atoms with Crippen molar-refractivity contribution < 1.29 is 14.4 Å². The van der Waals surface area contributed by atoms with Gasteiger partial charge >= 0.3 is 0 Å². The van der Waals surface area contributed by atoms with Gasteiger partial charge in [-0.15, -0.1) is 0 Å². The molecule has 3 amide bonds. The molecule has 2 rings (SSSR count). The smallest absolute Gasteiger partial charge is 0.251 e. The van der Waals surface area contributed by atoms with Gasteiger partial charge in [-0.1, -0.05) is 25.4 Å². The molecule has 1 aliphatic rings. The standard InChI is InChI=1S/C19H26ClN3O3/c1-12(2)10-16(22-18(25)13-4-6-14(20)7-5-13)19(26)21-15-8-9-17(24)23(3)11-15/h4-7,12,15-16H,8-11H2,1-3H3,(H,21,26)(H,22,25). The second-order valence-electron chi connectivity index (χ2n) is 7.18. The number of nitrogens with zero attached hydrogens (tertiary/aromatic N) is 1. The summed E-state index contributed by atoms with van der Waals surface area (Å²) < 4.78 is 0. The molecule has 1 fully saturated rings. The number of likely N-dealkylation sites (N-methyl/N-ethyl adjacent to an activating group) is 1. The Morgan fingerprint density at radius 2 is 1.92 bits per heavy atom. The SMILES string of the molecule is CC(C)CC(NC(=O)c1ccc(Cl)cc1)C(=O)NC1CCC(=O)N(C)C1. The quantitative estimate of drug-likeness (QED) is 0.795. The lowest BCUT2D eigenvalue weighted by molar-refractivity contribution is -0.134. The Hall–Kier alpha value is -2.08. The van der Waals surface area contributed by atoms with E-state index in [1.807, 2.05) is 13.8 Å². The maximum absolute atomic E-state index is 12.7. The summed E-state index contributed by atoms with van der Waals surface area (Å²) in [5.41, 5.74) is 0.457. The van der Waals surface area contributed by atoms with Crippen molar-refractivity contribution in [3.63, 3.8) is 0 Å². The summed E-state index contributed by atoms with van der Waals surface area (Å²) >= 11 is 5.85. The number of likely N-dealkylation sites (tertiary alicyclic amines) is 1. The van der Waals surface area contributed by atoms with E-state index in [1.54, 1.807) is 36.2 Å². The van der Waals surface area contributed by atoms with Crippen LogP contribution in [-0.2, 0) is 9.59 Å². The lowest BCUT2D eigenvalue weighted by Crippen LogP contribution is -2.54. The predicted molar refractivity (Wildman–Crippen MR) is 101 cm³/mol. The van der Waals surface area contributed by atoms with Crippen LogP contribution in [-0.4, -0.2) is 48.3 Å². The van der Waals surface area contributed by atoms with Crippen LogP contribution in [0, 0.1) is 5.92 Å². The van der Waals surface area contributed by atoms with E-state index in [2.05, 4.69) is 10.6 Å². The number of amides is 3. The Bertz CT molecular complexity index is 660. The van der Waals surface area contributed by atoms with Crippen molar-refractivity contribution in [2.45, 2.75) is 45.2 Å². The van der Waals surface area contributed by atoms with E-state index in [9.17, 15) is 14.4 Å². The number of piperidine rings is 1. The fraction of sp³-hybridized carbons (Fsp3) is 0.526. The summed E-state index contributed by atoms with van der Waals surface area (Å²) in [5.74, 6) is -0.190. The third-order valence-electron chi connectivity index (χ3n) is 4.41. The molecule has 0 aliphatic carbocycles. The van der Waals surface area contributed by atoms with Gasteiger partial charge < -0.3 is 15.5 Å². The van der Waals surface area contributed by atoms with Crippen molar-refractivity contribution in [2.75, 3.05) is 13.6 Å². The van der Waals surface area contributed by atoms with E-state index in [-0.39, 0.29) is 29.7 Å². The maximum atomic E-state index is 12.7. The molecule has 0 radical (unpaired) electrons. The summed E-state index contributed by atoms with van der Waals surface area (Å²) in [4.78, 5) is 38.4. The molecule has 0 spiro atoms. The molecular weight excluding hydrogens is 354 g/mol. The molecule has 1 aromatic carbocycles. The summed E-state index contributed by atoms with van der Waals surface area (Å²) in [7, 11) is 1.73. The molecule has 1 heterocycles. The van der Waals surface area contributed by atoms with Crippen LogP contribution >= 0.6 is 11.6 Å². The van der Waals surface area contributed by atoms with Crippen LogP contribution in [0.1, 0.15) is 43.5 Å². The summed E-state index contributed by atoms with van der Waals surface area (Å²) in [6.45, 7) is 4.49. The van der Waals surface area contributed by atoms with E-state index in [4.69, 9.17) is 11.6 Å². The van der Waals surface area contributed by atoms with E-state index in [1.165, 1.54) is 0 Å². The number of carbonyl (C=O) groups is 3. The number of halogens is 1. The molecule has 2 N–H and O–H groups in total. The molecule has 1 saturated heterocycles. The van der Waals surface area contributed by atoms with E-state index in [0.29, 0.717) is 36.4 Å². The zero-order chi connectivity index (χ0) is 19.3. The zero-order valence-corrected chi connectivity index (χ0v) is 16.2. The molecule has 142 valence electrons. The number of benzene rings is 1. The van der Waals surface area contributed by atoms with Gasteiger partial charge in [-0.05, 0) is 43.0 Å². The highest BCUT2D eigenvalue weighted by molar-refractivity contribution is 6.30. The Kier molecular flexibility index (Phi) is 7.03. The van der Waals surface area contributed by atoms with Gasteiger partial charge in [0.25, 0.3) is 5.91 Å². The van der Waals surface area contributed by atoms with Crippen molar-refractivity contribution in [1.29, 1.82) is 0 Å². The van der Waals surface area contributed by atoms with Crippen LogP contribution in [0.3, 0.4) is 0 Å². The minimum absolute atomic E-state index is 0.0882. The molecule has 0 bridgehead atoms. The van der Waals surface area contributed by atoms with E-state index in [0.717, 1.165) is 0 Å². The Morgan fingerprint density at radius 3 is 2.50 bits per heavy atom. The van der Waals surface area contributed by atoms with E-state index < -0.39 is 6.04 Å². The van der Waals surface area contributed by atoms with Gasteiger partial charge in [0.15, 0.2) is 0 Å². The average molecular weight is 380 g/mol. The second-order valence-corrected chi connectivity index (χ2v) is 7.62. The van der Waals surface area contributed by atoms with Crippen LogP contribution in [0.25, 0.3) is 0 Å². The van der Waals surface area contributed by atoms with Crippen LogP contribution < -0.4 is 10.6 Å². The first-order valence-electron chi connectivity index (χ1n) is 8.87. The third-order valence-corrected chi connectivity index (χ3v) is 4.66. The molecule has 26 heavy (non-hydrogen) atoms. The van der Waals surface area contributed by atoms with Crippen molar-refractivity contribution in [1.82, 2.24) is 15.5 Å².